The van der Waals surface area contributed by atoms with Crippen molar-refractivity contribution in [3.8, 4) is 22.3 Å². The second-order valence-corrected chi connectivity index (χ2v) is 21.9. The second kappa shape index (κ2) is 18.1. The lowest BCUT2D eigenvalue weighted by atomic mass is 9.97. The predicted molar refractivity (Wildman–Crippen MR) is 348 cm³/mol. The van der Waals surface area contributed by atoms with Gasteiger partial charge in [-0.25, -0.2) is 0 Å². The van der Waals surface area contributed by atoms with Gasteiger partial charge in [0, 0.05) is 66.3 Å². The molecule has 6 heteroatoms. The Morgan fingerprint density at radius 2 is 0.571 bits per heavy atom. The van der Waals surface area contributed by atoms with Crippen LogP contribution >= 0.6 is 0 Å². The third kappa shape index (κ3) is 7.17. The Morgan fingerprint density at radius 1 is 0.202 bits per heavy atom. The first kappa shape index (κ1) is 46.4. The van der Waals surface area contributed by atoms with E-state index in [4.69, 9.17) is 17.7 Å². The predicted octanol–water partition coefficient (Wildman–Crippen LogP) is 23.0. The minimum absolute atomic E-state index is 0.785. The van der Waals surface area contributed by atoms with Crippen LogP contribution in [-0.2, 0) is 0 Å². The van der Waals surface area contributed by atoms with Crippen molar-refractivity contribution in [2.24, 2.45) is 0 Å². The second-order valence-electron chi connectivity index (χ2n) is 21.9. The molecule has 0 fully saturated rings. The fourth-order valence-electron chi connectivity index (χ4n) is 13.2. The van der Waals surface area contributed by atoms with E-state index in [0.717, 1.165) is 166 Å². The molecule has 0 spiro atoms. The van der Waals surface area contributed by atoms with E-state index >= 15 is 0 Å². The average Bonchev–Trinajstić information content (AvgIpc) is 4.32. The standard InChI is InChI=1S/C78H46N2O4/c1-3-17-47(18-4-1)63-37-49-21-7-9-23-51(49)41-69(63)79(67-29-15-27-61-57-25-11-13-31-71(57)83-77(61)67)55-33-35-59-65-39-53-44-74-66(40-54(53)43-73(65)81-75(59)45-55)60-36-34-56(46-76(60)82-74)80(68-30-16-28-62-58-26-12-14-32-72(58)84-78(62)68)70-42-52-24-10-8-22-50(52)38-64(70)48-19-5-2-6-20-48/h1-46H. The summed E-state index contributed by atoms with van der Waals surface area (Å²) in [5.41, 5.74) is 16.8. The number of fused-ring (bicyclic) bond motifs is 15. The molecule has 0 unspecified atom stereocenters. The zero-order valence-corrected chi connectivity index (χ0v) is 45.1. The maximum Gasteiger partial charge on any atom is 0.159 e. The Hall–Kier alpha value is -11.3. The van der Waals surface area contributed by atoms with Crippen molar-refractivity contribution in [1.82, 2.24) is 0 Å². The normalized spacial score (nSPS) is 12.0. The van der Waals surface area contributed by atoms with Crippen LogP contribution in [0.15, 0.2) is 297 Å². The minimum Gasteiger partial charge on any atom is -0.456 e. The van der Waals surface area contributed by atoms with Gasteiger partial charge in [-0.15, -0.1) is 0 Å². The first-order chi connectivity index (χ1) is 41.6. The van der Waals surface area contributed by atoms with Crippen LogP contribution in [-0.4, -0.2) is 0 Å². The summed E-state index contributed by atoms with van der Waals surface area (Å²) < 4.78 is 27.6. The van der Waals surface area contributed by atoms with Gasteiger partial charge < -0.3 is 27.5 Å². The van der Waals surface area contributed by atoms with Crippen molar-refractivity contribution in [1.29, 1.82) is 0 Å². The zero-order valence-electron chi connectivity index (χ0n) is 45.1. The third-order valence-corrected chi connectivity index (χ3v) is 17.1. The number of nitrogens with zero attached hydrogens (tertiary/aromatic N) is 2. The van der Waals surface area contributed by atoms with Gasteiger partial charge in [0.05, 0.1) is 34.1 Å². The smallest absolute Gasteiger partial charge is 0.159 e. The van der Waals surface area contributed by atoms with Crippen LogP contribution in [0.5, 0.6) is 0 Å². The van der Waals surface area contributed by atoms with E-state index < -0.39 is 0 Å². The van der Waals surface area contributed by atoms with Crippen LogP contribution in [0, 0.1) is 0 Å². The highest BCUT2D eigenvalue weighted by atomic mass is 16.3. The van der Waals surface area contributed by atoms with E-state index in [-0.39, 0.29) is 0 Å². The van der Waals surface area contributed by atoms with Gasteiger partial charge in [0.15, 0.2) is 11.2 Å². The maximum absolute atomic E-state index is 6.98. The lowest BCUT2D eigenvalue weighted by Gasteiger charge is -2.28. The quantitative estimate of drug-likeness (QED) is 0.151. The van der Waals surface area contributed by atoms with Crippen LogP contribution in [0.3, 0.4) is 0 Å². The van der Waals surface area contributed by atoms with E-state index in [2.05, 4.69) is 265 Å². The van der Waals surface area contributed by atoms with E-state index in [0.29, 0.717) is 0 Å². The van der Waals surface area contributed by atoms with Gasteiger partial charge in [0.25, 0.3) is 0 Å². The summed E-state index contributed by atoms with van der Waals surface area (Å²) in [4.78, 5) is 4.69. The van der Waals surface area contributed by atoms with Gasteiger partial charge in [-0.3, -0.25) is 0 Å². The fraction of sp³-hybridized carbons (Fsp3) is 0. The van der Waals surface area contributed by atoms with E-state index in [9.17, 15) is 0 Å². The number of hydrogen-bond donors (Lipinski definition) is 0. The summed E-state index contributed by atoms with van der Waals surface area (Å²) in [6.45, 7) is 0. The first-order valence-electron chi connectivity index (χ1n) is 28.4. The molecule has 14 aromatic carbocycles. The Labute approximate surface area is 480 Å². The van der Waals surface area contributed by atoms with Crippen molar-refractivity contribution < 1.29 is 17.7 Å². The Kier molecular flexibility index (Phi) is 9.99. The summed E-state index contributed by atoms with van der Waals surface area (Å²) in [7, 11) is 0. The number of rotatable bonds is 8. The molecule has 18 rings (SSSR count). The molecule has 4 aromatic heterocycles. The Balaban J connectivity index is 0.794. The molecule has 0 saturated heterocycles. The number of benzene rings is 14. The monoisotopic (exact) mass is 1070 g/mol. The molecule has 0 N–H and O–H groups in total. The summed E-state index contributed by atoms with van der Waals surface area (Å²) in [5.74, 6) is 0. The third-order valence-electron chi connectivity index (χ3n) is 17.1. The first-order valence-corrected chi connectivity index (χ1v) is 28.4. The Morgan fingerprint density at radius 3 is 1.02 bits per heavy atom. The molecule has 0 aliphatic carbocycles. The van der Waals surface area contributed by atoms with E-state index in [1.807, 2.05) is 24.3 Å². The summed E-state index contributed by atoms with van der Waals surface area (Å²) in [6, 6.07) is 99.2. The molecular formula is C78H46N2O4. The van der Waals surface area contributed by atoms with Crippen LogP contribution in [0.4, 0.5) is 34.1 Å². The highest BCUT2D eigenvalue weighted by Gasteiger charge is 2.27. The van der Waals surface area contributed by atoms with Crippen molar-refractivity contribution in [3.63, 3.8) is 0 Å². The molecule has 0 aliphatic rings. The zero-order chi connectivity index (χ0) is 55.0. The molecule has 0 aliphatic heterocycles. The Bertz CT molecular complexity index is 5360. The van der Waals surface area contributed by atoms with E-state index in [1.54, 1.807) is 0 Å². The van der Waals surface area contributed by atoms with Crippen LogP contribution < -0.4 is 9.80 Å². The summed E-state index contributed by atoms with van der Waals surface area (Å²) in [5, 5.41) is 15.1. The van der Waals surface area contributed by atoms with Crippen molar-refractivity contribution >= 4 is 154 Å². The van der Waals surface area contributed by atoms with Gasteiger partial charge in [0.1, 0.15) is 33.5 Å². The molecule has 0 bridgehead atoms. The molecule has 84 heavy (non-hydrogen) atoms. The van der Waals surface area contributed by atoms with Crippen molar-refractivity contribution in [2.75, 3.05) is 9.80 Å². The lowest BCUT2D eigenvalue weighted by Crippen LogP contribution is -2.11. The van der Waals surface area contributed by atoms with Gasteiger partial charge in [-0.05, 0) is 141 Å². The molecule has 392 valence electrons. The topological polar surface area (TPSA) is 59.0 Å². The number of anilines is 6. The highest BCUT2D eigenvalue weighted by molar-refractivity contribution is 6.18. The molecule has 0 atom stereocenters. The van der Waals surface area contributed by atoms with Crippen molar-refractivity contribution in [3.05, 3.63) is 279 Å². The lowest BCUT2D eigenvalue weighted by molar-refractivity contribution is 0.667. The minimum atomic E-state index is 0.785. The van der Waals surface area contributed by atoms with Gasteiger partial charge in [0.2, 0.25) is 0 Å². The van der Waals surface area contributed by atoms with Gasteiger partial charge in [-0.1, -0.05) is 170 Å². The van der Waals surface area contributed by atoms with Crippen molar-refractivity contribution in [2.45, 2.75) is 0 Å². The van der Waals surface area contributed by atoms with Crippen LogP contribution in [0.25, 0.3) is 142 Å². The highest BCUT2D eigenvalue weighted by Crippen LogP contribution is 2.51. The van der Waals surface area contributed by atoms with E-state index in [1.165, 1.54) is 10.8 Å². The molecule has 0 saturated carbocycles. The van der Waals surface area contributed by atoms with Gasteiger partial charge >= 0.3 is 0 Å². The fourth-order valence-corrected chi connectivity index (χ4v) is 13.2. The SMILES string of the molecule is c1ccc(-c2cc3ccccc3cc2N(c2ccc3c(c2)oc2cc4cc5c(cc4cc23)oc2cc(N(c3cc4ccccc4cc3-c3ccccc3)c3cccc4c3oc3ccccc34)ccc25)c2cccc3c2oc2ccccc23)cc1. The number of para-hydroxylation sites is 4. The molecule has 0 amide bonds. The number of hydrogen-bond acceptors (Lipinski definition) is 6. The number of furan rings is 4. The molecule has 18 aromatic rings. The maximum atomic E-state index is 6.98. The molecule has 6 nitrogen and oxygen atoms in total. The van der Waals surface area contributed by atoms with Gasteiger partial charge in [-0.2, -0.15) is 0 Å². The summed E-state index contributed by atoms with van der Waals surface area (Å²) >= 11 is 0. The van der Waals surface area contributed by atoms with Crippen LogP contribution in [0.2, 0.25) is 0 Å². The summed E-state index contributed by atoms with van der Waals surface area (Å²) in [6.07, 6.45) is 0. The molecule has 4 heterocycles. The molecular weight excluding hydrogens is 1030 g/mol. The average molecular weight is 1080 g/mol. The van der Waals surface area contributed by atoms with Crippen LogP contribution in [0.1, 0.15) is 0 Å². The molecule has 0 radical (unpaired) electrons. The largest absolute Gasteiger partial charge is 0.456 e.